The molecular weight excluding hydrogens is 352 g/mol. The van der Waals surface area contributed by atoms with Gasteiger partial charge < -0.3 is 29.5 Å². The maximum absolute atomic E-state index is 10.6. The van der Waals surface area contributed by atoms with Crippen molar-refractivity contribution in [3.8, 4) is 23.0 Å². The lowest BCUT2D eigenvalue weighted by atomic mass is 10.1. The number of methoxy groups -OCH3 is 2. The number of hydrogen-bond acceptors (Lipinski definition) is 7. The number of phenols is 2. The van der Waals surface area contributed by atoms with E-state index in [1.807, 2.05) is 0 Å². The quantitative estimate of drug-likeness (QED) is 0.636. The molecule has 27 heavy (non-hydrogen) atoms. The van der Waals surface area contributed by atoms with Crippen LogP contribution in [0.3, 0.4) is 0 Å². The second-order valence-corrected chi connectivity index (χ2v) is 5.48. The molecule has 0 aliphatic rings. The number of aliphatic hydroxyl groups excluding tert-OH is 1. The van der Waals surface area contributed by atoms with E-state index in [-0.39, 0.29) is 30.7 Å². The molecule has 0 radical (unpaired) electrons. The van der Waals surface area contributed by atoms with Crippen molar-refractivity contribution in [3.05, 3.63) is 47.5 Å². The summed E-state index contributed by atoms with van der Waals surface area (Å²) in [5.41, 5.74) is 1.31. The van der Waals surface area contributed by atoms with Crippen LogP contribution in [-0.4, -0.2) is 48.7 Å². The van der Waals surface area contributed by atoms with Crippen LogP contribution in [0.2, 0.25) is 0 Å². The van der Waals surface area contributed by atoms with Crippen LogP contribution in [0, 0.1) is 0 Å². The summed E-state index contributed by atoms with van der Waals surface area (Å²) in [4.78, 5) is 10.6. The number of hydrogen-bond donors (Lipinski definition) is 3. The minimum absolute atomic E-state index is 0.00787. The summed E-state index contributed by atoms with van der Waals surface area (Å²) >= 11 is 0. The van der Waals surface area contributed by atoms with Crippen molar-refractivity contribution < 1.29 is 34.3 Å². The molecule has 0 saturated heterocycles. The van der Waals surface area contributed by atoms with Gasteiger partial charge in [-0.25, -0.2) is 0 Å². The number of aliphatic hydroxyl groups is 1. The molecule has 7 heteroatoms. The fraction of sp³-hybridized carbons (Fsp3) is 0.350. The predicted molar refractivity (Wildman–Crippen MR) is 100 cm³/mol. The molecule has 0 unspecified atom stereocenters. The minimum atomic E-state index is -0.329. The number of carbonyl (C=O) groups excluding carboxylic acids is 1. The lowest BCUT2D eigenvalue weighted by molar-refractivity contribution is -0.140. The Kier molecular flexibility index (Phi) is 9.53. The Balaban J connectivity index is 0.000000277. The first-order valence-electron chi connectivity index (χ1n) is 8.38. The molecule has 7 nitrogen and oxygen atoms in total. The smallest absolute Gasteiger partial charge is 0.302 e. The first-order chi connectivity index (χ1) is 12.9. The minimum Gasteiger partial charge on any atom is -0.508 e. The molecule has 0 heterocycles. The lowest BCUT2D eigenvalue weighted by Crippen LogP contribution is -2.04. The summed E-state index contributed by atoms with van der Waals surface area (Å²) in [7, 11) is 3.07. The number of aromatic hydroxyl groups is 2. The summed E-state index contributed by atoms with van der Waals surface area (Å²) in [5, 5.41) is 27.6. The van der Waals surface area contributed by atoms with Crippen molar-refractivity contribution in [1.29, 1.82) is 0 Å². The fourth-order valence-corrected chi connectivity index (χ4v) is 2.40. The summed E-state index contributed by atoms with van der Waals surface area (Å²) in [6.45, 7) is 1.60. The van der Waals surface area contributed by atoms with Crippen LogP contribution in [-0.2, 0) is 22.4 Å². The molecule has 0 saturated carbocycles. The van der Waals surface area contributed by atoms with Gasteiger partial charge in [0.05, 0.1) is 20.8 Å². The number of ether oxygens (including phenoxy) is 3. The molecule has 3 N–H and O–H groups in total. The van der Waals surface area contributed by atoms with Crippen molar-refractivity contribution in [1.82, 2.24) is 0 Å². The van der Waals surface area contributed by atoms with Gasteiger partial charge in [0.15, 0.2) is 0 Å². The molecular formula is C20H26O7. The Morgan fingerprint density at radius 1 is 0.889 bits per heavy atom. The van der Waals surface area contributed by atoms with E-state index >= 15 is 0 Å². The van der Waals surface area contributed by atoms with Gasteiger partial charge in [-0.3, -0.25) is 4.79 Å². The molecule has 2 aromatic rings. The second-order valence-electron chi connectivity index (χ2n) is 5.48. The van der Waals surface area contributed by atoms with Crippen molar-refractivity contribution in [2.24, 2.45) is 0 Å². The molecule has 0 atom stereocenters. The van der Waals surface area contributed by atoms with E-state index in [0.29, 0.717) is 35.5 Å². The van der Waals surface area contributed by atoms with E-state index in [9.17, 15) is 15.0 Å². The molecule has 0 bridgehead atoms. The summed E-state index contributed by atoms with van der Waals surface area (Å²) in [5.74, 6) is 1.21. The highest BCUT2D eigenvalue weighted by Gasteiger charge is 2.08. The van der Waals surface area contributed by atoms with Crippen molar-refractivity contribution >= 4 is 5.97 Å². The largest absolute Gasteiger partial charge is 0.508 e. The molecule has 2 rings (SSSR count). The van der Waals surface area contributed by atoms with Crippen LogP contribution in [0.15, 0.2) is 36.4 Å². The monoisotopic (exact) mass is 378 g/mol. The van der Waals surface area contributed by atoms with Gasteiger partial charge in [0.1, 0.15) is 23.0 Å². The maximum Gasteiger partial charge on any atom is 0.302 e. The number of carbonyl (C=O) groups is 1. The van der Waals surface area contributed by atoms with E-state index in [1.165, 1.54) is 21.1 Å². The normalized spacial score (nSPS) is 9.78. The van der Waals surface area contributed by atoms with Crippen LogP contribution in [0.5, 0.6) is 23.0 Å². The third-order valence-corrected chi connectivity index (χ3v) is 3.68. The number of phenolic OH excluding ortho intramolecular Hbond substituents is 2. The van der Waals surface area contributed by atoms with Crippen LogP contribution < -0.4 is 9.47 Å². The molecule has 0 aromatic heterocycles. The highest BCUT2D eigenvalue weighted by Crippen LogP contribution is 2.28. The number of benzene rings is 2. The zero-order chi connectivity index (χ0) is 20.2. The standard InChI is InChI=1S/C11H14O4.C9H12O3/c1-8(12)15-7-6-9-10(13)4-3-5-11(9)14-2;1-12-9-4-2-3-8(11)7(9)5-6-10/h3-5,13H,6-7H2,1-2H3;2-4,10-11H,5-6H2,1H3. The Morgan fingerprint density at radius 3 is 1.78 bits per heavy atom. The van der Waals surface area contributed by atoms with E-state index in [2.05, 4.69) is 0 Å². The predicted octanol–water partition coefficient (Wildman–Crippen LogP) is 2.44. The SMILES string of the molecule is COc1cccc(O)c1CCO.COc1cccc(O)c1CCOC(C)=O. The molecule has 0 fully saturated rings. The number of esters is 1. The van der Waals surface area contributed by atoms with E-state index in [4.69, 9.17) is 19.3 Å². The van der Waals surface area contributed by atoms with Gasteiger partial charge in [-0.2, -0.15) is 0 Å². The Bertz CT molecular complexity index is 728. The Labute approximate surface area is 158 Å². The van der Waals surface area contributed by atoms with Crippen molar-refractivity contribution in [2.45, 2.75) is 19.8 Å². The Morgan fingerprint density at radius 2 is 1.37 bits per heavy atom. The summed E-state index contributed by atoms with van der Waals surface area (Å²) in [6.07, 6.45) is 0.852. The topological polar surface area (TPSA) is 105 Å². The van der Waals surface area contributed by atoms with Gasteiger partial charge in [0.2, 0.25) is 0 Å². The van der Waals surface area contributed by atoms with Gasteiger partial charge >= 0.3 is 5.97 Å². The van der Waals surface area contributed by atoms with Crippen molar-refractivity contribution in [2.75, 3.05) is 27.4 Å². The van der Waals surface area contributed by atoms with Gasteiger partial charge in [-0.15, -0.1) is 0 Å². The average Bonchev–Trinajstić information content (AvgIpc) is 2.65. The summed E-state index contributed by atoms with van der Waals surface area (Å²) < 4.78 is 14.9. The fourth-order valence-electron chi connectivity index (χ4n) is 2.40. The van der Waals surface area contributed by atoms with Crippen LogP contribution in [0.1, 0.15) is 18.1 Å². The first kappa shape index (κ1) is 22.1. The average molecular weight is 378 g/mol. The molecule has 0 spiro atoms. The van der Waals surface area contributed by atoms with Gasteiger partial charge in [-0.05, 0) is 24.3 Å². The maximum atomic E-state index is 10.6. The molecule has 0 aliphatic heterocycles. The van der Waals surface area contributed by atoms with E-state index in [0.717, 1.165) is 0 Å². The van der Waals surface area contributed by atoms with Crippen LogP contribution >= 0.6 is 0 Å². The molecule has 0 amide bonds. The second kappa shape index (κ2) is 11.6. The first-order valence-corrected chi connectivity index (χ1v) is 8.38. The van der Waals surface area contributed by atoms with Crippen molar-refractivity contribution in [3.63, 3.8) is 0 Å². The van der Waals surface area contributed by atoms with Gasteiger partial charge in [-0.1, -0.05) is 12.1 Å². The number of rotatable bonds is 7. The van der Waals surface area contributed by atoms with E-state index < -0.39 is 0 Å². The van der Waals surface area contributed by atoms with Crippen LogP contribution in [0.4, 0.5) is 0 Å². The third-order valence-electron chi connectivity index (χ3n) is 3.68. The summed E-state index contributed by atoms with van der Waals surface area (Å²) in [6, 6.07) is 10.1. The van der Waals surface area contributed by atoms with Gasteiger partial charge in [0.25, 0.3) is 0 Å². The molecule has 0 aliphatic carbocycles. The zero-order valence-corrected chi connectivity index (χ0v) is 15.8. The van der Waals surface area contributed by atoms with E-state index in [1.54, 1.807) is 36.4 Å². The molecule has 2 aromatic carbocycles. The molecule has 148 valence electrons. The Hall–Kier alpha value is -2.93. The van der Waals surface area contributed by atoms with Crippen LogP contribution in [0.25, 0.3) is 0 Å². The highest BCUT2D eigenvalue weighted by molar-refractivity contribution is 5.65. The highest BCUT2D eigenvalue weighted by atomic mass is 16.5. The zero-order valence-electron chi connectivity index (χ0n) is 15.8. The third kappa shape index (κ3) is 7.07. The lowest BCUT2D eigenvalue weighted by Gasteiger charge is -2.09. The van der Waals surface area contributed by atoms with Gasteiger partial charge in [0, 0.05) is 37.5 Å².